The summed E-state index contributed by atoms with van der Waals surface area (Å²) in [5.41, 5.74) is 1.29. The van der Waals surface area contributed by atoms with Crippen molar-refractivity contribution in [1.29, 1.82) is 0 Å². The van der Waals surface area contributed by atoms with E-state index in [0.717, 1.165) is 13.1 Å². The Bertz CT molecular complexity index is 360. The molecule has 0 saturated carbocycles. The van der Waals surface area contributed by atoms with Gasteiger partial charge in [0.05, 0.1) is 6.54 Å². The quantitative estimate of drug-likeness (QED) is 0.758. The average Bonchev–Trinajstić information content (AvgIpc) is 2.27. The van der Waals surface area contributed by atoms with Crippen LogP contribution in [0.5, 0.6) is 0 Å². The number of Topliss-reactive ketones (excluding diaryl/α,β-unsaturated/α-hetero) is 1. The smallest absolute Gasteiger partial charge is 0.149 e. The molecule has 1 aliphatic rings. The molecule has 1 aliphatic heterocycles. The zero-order valence-electron chi connectivity index (χ0n) is 10.0. The monoisotopic (exact) mass is 217 g/mol. The summed E-state index contributed by atoms with van der Waals surface area (Å²) in [6.07, 6.45) is 0. The van der Waals surface area contributed by atoms with Crippen LogP contribution in [0.25, 0.3) is 0 Å². The summed E-state index contributed by atoms with van der Waals surface area (Å²) in [6, 6.07) is 10.4. The molecular weight excluding hydrogens is 198 g/mol. The van der Waals surface area contributed by atoms with Gasteiger partial charge in [-0.25, -0.2) is 0 Å². The van der Waals surface area contributed by atoms with Crippen LogP contribution in [-0.2, 0) is 11.3 Å². The van der Waals surface area contributed by atoms with Gasteiger partial charge in [0.15, 0.2) is 0 Å². The largest absolute Gasteiger partial charge is 0.298 e. The minimum Gasteiger partial charge on any atom is -0.298 e. The number of rotatable bonds is 2. The number of benzene rings is 1. The lowest BCUT2D eigenvalue weighted by Crippen LogP contribution is -2.44. The predicted octanol–water partition coefficient (Wildman–Crippen LogP) is 2.34. The van der Waals surface area contributed by atoms with Crippen LogP contribution in [0.1, 0.15) is 19.4 Å². The van der Waals surface area contributed by atoms with Crippen molar-refractivity contribution in [3.63, 3.8) is 0 Å². The van der Waals surface area contributed by atoms with Crippen LogP contribution in [-0.4, -0.2) is 23.8 Å². The van der Waals surface area contributed by atoms with Crippen LogP contribution in [0, 0.1) is 11.8 Å². The maximum absolute atomic E-state index is 11.8. The molecule has 0 aliphatic carbocycles. The van der Waals surface area contributed by atoms with Crippen LogP contribution in [0.3, 0.4) is 0 Å². The van der Waals surface area contributed by atoms with E-state index in [4.69, 9.17) is 0 Å². The fourth-order valence-corrected chi connectivity index (χ4v) is 2.27. The fourth-order valence-electron chi connectivity index (χ4n) is 2.27. The maximum atomic E-state index is 11.8. The first-order valence-electron chi connectivity index (χ1n) is 5.96. The van der Waals surface area contributed by atoms with Crippen LogP contribution >= 0.6 is 0 Å². The molecule has 2 heteroatoms. The van der Waals surface area contributed by atoms with Crippen LogP contribution < -0.4 is 0 Å². The second-order valence-electron chi connectivity index (χ2n) is 4.89. The van der Waals surface area contributed by atoms with Crippen molar-refractivity contribution in [2.24, 2.45) is 11.8 Å². The lowest BCUT2D eigenvalue weighted by atomic mass is 9.87. The standard InChI is InChI=1S/C14H19NO/c1-11-8-15(10-14(16)12(11)2)9-13-6-4-3-5-7-13/h3-7,11-12H,8-10H2,1-2H3. The van der Waals surface area contributed by atoms with Gasteiger partial charge in [-0.3, -0.25) is 9.69 Å². The van der Waals surface area contributed by atoms with Crippen molar-refractivity contribution in [2.75, 3.05) is 13.1 Å². The summed E-state index contributed by atoms with van der Waals surface area (Å²) in [4.78, 5) is 14.0. The third-order valence-electron chi connectivity index (χ3n) is 3.54. The van der Waals surface area contributed by atoms with E-state index in [1.54, 1.807) is 0 Å². The molecule has 0 N–H and O–H groups in total. The van der Waals surface area contributed by atoms with Gasteiger partial charge in [0, 0.05) is 19.0 Å². The average molecular weight is 217 g/mol. The second kappa shape index (κ2) is 4.79. The summed E-state index contributed by atoms with van der Waals surface area (Å²) < 4.78 is 0. The van der Waals surface area contributed by atoms with Gasteiger partial charge in [0.1, 0.15) is 5.78 Å². The van der Waals surface area contributed by atoms with Gasteiger partial charge in [0.25, 0.3) is 0 Å². The minimum atomic E-state index is 0.229. The number of ketones is 1. The minimum absolute atomic E-state index is 0.229. The zero-order valence-corrected chi connectivity index (χ0v) is 10.0. The van der Waals surface area contributed by atoms with E-state index in [1.807, 2.05) is 25.1 Å². The van der Waals surface area contributed by atoms with E-state index in [-0.39, 0.29) is 5.92 Å². The number of carbonyl (C=O) groups is 1. The Hall–Kier alpha value is -1.15. The van der Waals surface area contributed by atoms with Crippen LogP contribution in [0.15, 0.2) is 30.3 Å². The summed E-state index contributed by atoms with van der Waals surface area (Å²) in [5.74, 6) is 1.09. The highest BCUT2D eigenvalue weighted by Gasteiger charge is 2.29. The molecule has 1 aromatic carbocycles. The third kappa shape index (κ3) is 2.50. The molecule has 0 aromatic heterocycles. The van der Waals surface area contributed by atoms with E-state index in [9.17, 15) is 4.79 Å². The highest BCUT2D eigenvalue weighted by Crippen LogP contribution is 2.21. The Morgan fingerprint density at radius 3 is 2.56 bits per heavy atom. The molecule has 2 unspecified atom stereocenters. The van der Waals surface area contributed by atoms with Crippen molar-refractivity contribution in [3.05, 3.63) is 35.9 Å². The van der Waals surface area contributed by atoms with E-state index in [1.165, 1.54) is 5.56 Å². The third-order valence-corrected chi connectivity index (χ3v) is 3.54. The topological polar surface area (TPSA) is 20.3 Å². The van der Waals surface area contributed by atoms with Crippen LogP contribution in [0.4, 0.5) is 0 Å². The molecule has 2 rings (SSSR count). The van der Waals surface area contributed by atoms with Crippen molar-refractivity contribution in [1.82, 2.24) is 4.90 Å². The van der Waals surface area contributed by atoms with Gasteiger partial charge < -0.3 is 0 Å². The molecule has 0 amide bonds. The Morgan fingerprint density at radius 2 is 1.94 bits per heavy atom. The first-order valence-corrected chi connectivity index (χ1v) is 5.96. The first kappa shape index (κ1) is 11.3. The Labute approximate surface area is 97.3 Å². The molecule has 1 heterocycles. The second-order valence-corrected chi connectivity index (χ2v) is 4.89. The van der Waals surface area contributed by atoms with E-state index in [2.05, 4.69) is 24.0 Å². The lowest BCUT2D eigenvalue weighted by molar-refractivity contribution is -0.128. The van der Waals surface area contributed by atoms with E-state index in [0.29, 0.717) is 18.2 Å². The Morgan fingerprint density at radius 1 is 1.25 bits per heavy atom. The molecule has 2 nitrogen and oxygen atoms in total. The summed E-state index contributed by atoms with van der Waals surface area (Å²) in [6.45, 7) is 6.75. The number of piperidine rings is 1. The molecule has 0 bridgehead atoms. The predicted molar refractivity (Wildman–Crippen MR) is 65.1 cm³/mol. The lowest BCUT2D eigenvalue weighted by Gasteiger charge is -2.34. The van der Waals surface area contributed by atoms with Gasteiger partial charge in [-0.15, -0.1) is 0 Å². The van der Waals surface area contributed by atoms with E-state index < -0.39 is 0 Å². The van der Waals surface area contributed by atoms with Gasteiger partial charge in [-0.2, -0.15) is 0 Å². The molecular formula is C14H19NO. The number of nitrogens with zero attached hydrogens (tertiary/aromatic N) is 1. The maximum Gasteiger partial charge on any atom is 0.149 e. The zero-order chi connectivity index (χ0) is 11.5. The summed E-state index contributed by atoms with van der Waals surface area (Å²) in [7, 11) is 0. The highest BCUT2D eigenvalue weighted by atomic mass is 16.1. The number of carbonyl (C=O) groups excluding carboxylic acids is 1. The molecule has 1 aromatic rings. The molecule has 2 atom stereocenters. The van der Waals surface area contributed by atoms with Gasteiger partial charge in [0.2, 0.25) is 0 Å². The van der Waals surface area contributed by atoms with Gasteiger partial charge in [-0.1, -0.05) is 44.2 Å². The van der Waals surface area contributed by atoms with Crippen molar-refractivity contribution < 1.29 is 4.79 Å². The summed E-state index contributed by atoms with van der Waals surface area (Å²) in [5, 5.41) is 0. The van der Waals surface area contributed by atoms with Gasteiger partial charge >= 0.3 is 0 Å². The van der Waals surface area contributed by atoms with Crippen molar-refractivity contribution in [3.8, 4) is 0 Å². The molecule has 1 fully saturated rings. The normalized spacial score (nSPS) is 27.0. The molecule has 0 spiro atoms. The fraction of sp³-hybridized carbons (Fsp3) is 0.500. The highest BCUT2D eigenvalue weighted by molar-refractivity contribution is 5.83. The van der Waals surface area contributed by atoms with Gasteiger partial charge in [-0.05, 0) is 11.5 Å². The number of likely N-dealkylation sites (tertiary alicyclic amines) is 1. The van der Waals surface area contributed by atoms with Crippen LogP contribution in [0.2, 0.25) is 0 Å². The first-order chi connectivity index (χ1) is 7.66. The van der Waals surface area contributed by atoms with Crippen molar-refractivity contribution >= 4 is 5.78 Å². The van der Waals surface area contributed by atoms with E-state index >= 15 is 0 Å². The SMILES string of the molecule is CC1CN(Cc2ccccc2)CC(=O)C1C. The Balaban J connectivity index is 1.99. The van der Waals surface area contributed by atoms with Crippen molar-refractivity contribution in [2.45, 2.75) is 20.4 Å². The molecule has 16 heavy (non-hydrogen) atoms. The number of hydrogen-bond donors (Lipinski definition) is 0. The summed E-state index contributed by atoms with van der Waals surface area (Å²) >= 11 is 0. The Kier molecular flexibility index (Phi) is 3.39. The molecule has 86 valence electrons. The molecule has 1 saturated heterocycles. The number of hydrogen-bond acceptors (Lipinski definition) is 2. The molecule has 0 radical (unpaired) electrons.